The molecule has 0 amide bonds. The largest absolute Gasteiger partial charge is 0.744 e. The minimum absolute atomic E-state index is 0.178. The van der Waals surface area contributed by atoms with Crippen molar-refractivity contribution in [2.45, 2.75) is 55.9 Å². The van der Waals surface area contributed by atoms with Crippen LogP contribution in [0.3, 0.4) is 0 Å². The zero-order valence-electron chi connectivity index (χ0n) is 28.7. The topological polar surface area (TPSA) is 75.7 Å². The third kappa shape index (κ3) is 9.14. The van der Waals surface area contributed by atoms with Gasteiger partial charge in [-0.3, -0.25) is 0 Å². The van der Waals surface area contributed by atoms with Gasteiger partial charge < -0.3 is 14.0 Å². The van der Waals surface area contributed by atoms with E-state index in [9.17, 15) is 13.0 Å². The van der Waals surface area contributed by atoms with E-state index in [0.29, 0.717) is 0 Å². The van der Waals surface area contributed by atoms with E-state index >= 15 is 0 Å². The SMILES string of the molecule is COC(OC)(c1ccc(Sc2ccccc2)cc1)c1ccc([S+](c2ccc(C)cc2)c2ccc(C)cc2)cc1.Cc1ccc(S(=O)(=O)[O-])cc1. The molecule has 0 heterocycles. The van der Waals surface area contributed by atoms with Crippen LogP contribution in [0.25, 0.3) is 0 Å². The maximum atomic E-state index is 10.4. The van der Waals surface area contributed by atoms with Gasteiger partial charge in [-0.15, -0.1) is 0 Å². The average Bonchev–Trinajstić information content (AvgIpc) is 3.12. The lowest BCUT2D eigenvalue weighted by atomic mass is 9.97. The van der Waals surface area contributed by atoms with Gasteiger partial charge in [-0.25, -0.2) is 8.42 Å². The second kappa shape index (κ2) is 16.7. The van der Waals surface area contributed by atoms with Crippen LogP contribution in [-0.2, 0) is 36.3 Å². The molecule has 0 saturated carbocycles. The molecular weight excluding hydrogens is 681 g/mol. The number of methoxy groups -OCH3 is 2. The molecule has 5 nitrogen and oxygen atoms in total. The number of hydrogen-bond acceptors (Lipinski definition) is 6. The Morgan fingerprint density at radius 1 is 0.520 bits per heavy atom. The molecule has 0 unspecified atom stereocenters. The van der Waals surface area contributed by atoms with Crippen molar-refractivity contribution in [1.82, 2.24) is 0 Å². The minimum Gasteiger partial charge on any atom is -0.744 e. The van der Waals surface area contributed by atoms with Gasteiger partial charge in [0.05, 0.1) is 15.8 Å². The van der Waals surface area contributed by atoms with Gasteiger partial charge in [0.2, 0.25) is 5.79 Å². The highest BCUT2D eigenvalue weighted by Gasteiger charge is 2.36. The number of hydrogen-bond donors (Lipinski definition) is 0. The van der Waals surface area contributed by atoms with Crippen molar-refractivity contribution in [3.8, 4) is 0 Å². The summed E-state index contributed by atoms with van der Waals surface area (Å²) in [5.41, 5.74) is 5.36. The van der Waals surface area contributed by atoms with Crippen molar-refractivity contribution < 1.29 is 22.4 Å². The summed E-state index contributed by atoms with van der Waals surface area (Å²) in [5, 5.41) is 0. The number of benzene rings is 6. The second-order valence-electron chi connectivity index (χ2n) is 11.7. The molecule has 50 heavy (non-hydrogen) atoms. The van der Waals surface area contributed by atoms with Crippen LogP contribution in [0, 0.1) is 20.8 Å². The van der Waals surface area contributed by atoms with Gasteiger partial charge in [-0.2, -0.15) is 0 Å². The Balaban J connectivity index is 0.000000377. The molecule has 0 N–H and O–H groups in total. The maximum Gasteiger partial charge on any atom is 0.221 e. The number of aryl methyl sites for hydroxylation is 3. The Morgan fingerprint density at radius 2 is 0.880 bits per heavy atom. The first-order valence-corrected chi connectivity index (χ1v) is 19.4. The predicted molar refractivity (Wildman–Crippen MR) is 202 cm³/mol. The summed E-state index contributed by atoms with van der Waals surface area (Å²) in [6.45, 7) is 6.08. The fourth-order valence-electron chi connectivity index (χ4n) is 5.36. The van der Waals surface area contributed by atoms with Crippen LogP contribution in [0.15, 0.2) is 181 Å². The first kappa shape index (κ1) is 37.1. The third-order valence-electron chi connectivity index (χ3n) is 8.08. The molecule has 256 valence electrons. The molecule has 0 radical (unpaired) electrons. The van der Waals surface area contributed by atoms with E-state index in [1.165, 1.54) is 47.7 Å². The quantitative estimate of drug-likeness (QED) is 0.0797. The van der Waals surface area contributed by atoms with Crippen LogP contribution in [0.2, 0.25) is 0 Å². The molecule has 0 aliphatic carbocycles. The molecule has 6 aromatic carbocycles. The van der Waals surface area contributed by atoms with Gasteiger partial charge in [0.15, 0.2) is 14.7 Å². The standard InChI is InChI=1S/C35H33O2S2.C7H8O3S/c1-26-10-20-32(21-11-26)39(33-22-12-27(2)13-23-33)34-24-16-29(17-25-34)35(36-3,37-4)28-14-18-31(19-15-28)38-30-8-6-5-7-9-30;1-6-2-4-7(5-3-6)11(8,9)10/h5-25H,1-4H3;2-5H,1H3,(H,8,9,10)/q+1;/p-1. The first-order valence-electron chi connectivity index (χ1n) is 16.0. The van der Waals surface area contributed by atoms with Gasteiger partial charge in [0.25, 0.3) is 0 Å². The molecule has 0 saturated heterocycles. The molecule has 0 aliphatic heterocycles. The summed E-state index contributed by atoms with van der Waals surface area (Å²) in [4.78, 5) is 6.05. The zero-order chi connectivity index (χ0) is 35.7. The summed E-state index contributed by atoms with van der Waals surface area (Å²) in [6.07, 6.45) is 0. The van der Waals surface area contributed by atoms with Crippen LogP contribution in [0.5, 0.6) is 0 Å². The fourth-order valence-corrected chi connectivity index (χ4v) is 8.71. The second-order valence-corrected chi connectivity index (χ2v) is 16.2. The fraction of sp³-hybridized carbons (Fsp3) is 0.143. The molecular formula is C42H40O5S3. The normalized spacial score (nSPS) is 11.6. The molecule has 0 fully saturated rings. The Hall–Kier alpha value is -4.15. The van der Waals surface area contributed by atoms with E-state index in [0.717, 1.165) is 16.7 Å². The van der Waals surface area contributed by atoms with Crippen LogP contribution < -0.4 is 0 Å². The van der Waals surface area contributed by atoms with E-state index < -0.39 is 15.9 Å². The van der Waals surface area contributed by atoms with Crippen molar-refractivity contribution in [2.75, 3.05) is 14.2 Å². The zero-order valence-corrected chi connectivity index (χ0v) is 31.1. The number of ether oxygens (including phenoxy) is 2. The highest BCUT2D eigenvalue weighted by Crippen LogP contribution is 2.38. The van der Waals surface area contributed by atoms with Gasteiger partial charge in [0.1, 0.15) is 10.1 Å². The lowest BCUT2D eigenvalue weighted by Crippen LogP contribution is -2.32. The van der Waals surface area contributed by atoms with Crippen molar-refractivity contribution in [3.63, 3.8) is 0 Å². The monoisotopic (exact) mass is 720 g/mol. The molecule has 6 rings (SSSR count). The summed E-state index contributed by atoms with van der Waals surface area (Å²) in [5.74, 6) is -0.999. The summed E-state index contributed by atoms with van der Waals surface area (Å²) in [7, 11) is -1.09. The Labute approximate surface area is 303 Å². The van der Waals surface area contributed by atoms with Crippen LogP contribution in [-0.4, -0.2) is 27.2 Å². The molecule has 8 heteroatoms. The van der Waals surface area contributed by atoms with E-state index in [1.54, 1.807) is 38.1 Å². The third-order valence-corrected chi connectivity index (χ3v) is 12.2. The molecule has 0 atom stereocenters. The summed E-state index contributed by atoms with van der Waals surface area (Å²) in [6, 6.07) is 51.1. The first-order chi connectivity index (χ1) is 24.0. The van der Waals surface area contributed by atoms with Gasteiger partial charge in [-0.1, -0.05) is 95.2 Å². The Kier molecular flexibility index (Phi) is 12.4. The average molecular weight is 721 g/mol. The number of rotatable bonds is 10. The predicted octanol–water partition coefficient (Wildman–Crippen LogP) is 9.94. The summed E-state index contributed by atoms with van der Waals surface area (Å²) < 4.78 is 43.3. The Morgan fingerprint density at radius 3 is 1.28 bits per heavy atom. The van der Waals surface area contributed by atoms with E-state index in [1.807, 2.05) is 13.0 Å². The molecule has 0 bridgehead atoms. The molecule has 0 aliphatic rings. The van der Waals surface area contributed by atoms with Crippen LogP contribution >= 0.6 is 11.8 Å². The minimum atomic E-state index is -4.27. The lowest BCUT2D eigenvalue weighted by Gasteiger charge is -2.32. The highest BCUT2D eigenvalue weighted by atomic mass is 32.2. The van der Waals surface area contributed by atoms with Gasteiger partial charge in [0, 0.05) is 35.1 Å². The van der Waals surface area contributed by atoms with Gasteiger partial charge in [-0.05, 0) is 106 Å². The van der Waals surface area contributed by atoms with Gasteiger partial charge >= 0.3 is 0 Å². The van der Waals surface area contributed by atoms with E-state index in [2.05, 4.69) is 135 Å². The van der Waals surface area contributed by atoms with E-state index in [-0.39, 0.29) is 15.8 Å². The maximum absolute atomic E-state index is 10.4. The molecule has 0 aromatic heterocycles. The van der Waals surface area contributed by atoms with Crippen molar-refractivity contribution in [3.05, 3.63) is 179 Å². The summed E-state index contributed by atoms with van der Waals surface area (Å²) >= 11 is 1.74. The van der Waals surface area contributed by atoms with Crippen molar-refractivity contribution >= 4 is 32.8 Å². The van der Waals surface area contributed by atoms with E-state index in [4.69, 9.17) is 9.47 Å². The molecule has 0 spiro atoms. The van der Waals surface area contributed by atoms with Crippen molar-refractivity contribution in [1.29, 1.82) is 0 Å². The lowest BCUT2D eigenvalue weighted by molar-refractivity contribution is -0.183. The van der Waals surface area contributed by atoms with Crippen LogP contribution in [0.1, 0.15) is 27.8 Å². The highest BCUT2D eigenvalue weighted by molar-refractivity contribution is 7.99. The van der Waals surface area contributed by atoms with Crippen molar-refractivity contribution in [2.24, 2.45) is 0 Å². The smallest absolute Gasteiger partial charge is 0.221 e. The van der Waals surface area contributed by atoms with Crippen LogP contribution in [0.4, 0.5) is 0 Å². The molecule has 6 aromatic rings. The Bertz CT molecular complexity index is 2010.